The molecule has 0 unspecified atom stereocenters. The molecule has 1 atom stereocenters. The first-order valence-corrected chi connectivity index (χ1v) is 12.3. The summed E-state index contributed by atoms with van der Waals surface area (Å²) >= 11 is 7.57. The Kier molecular flexibility index (Phi) is 6.35. The number of hydrogen-bond donors (Lipinski definition) is 2. The van der Waals surface area contributed by atoms with Gasteiger partial charge in [0, 0.05) is 17.2 Å². The fourth-order valence-corrected chi connectivity index (χ4v) is 5.33. The van der Waals surface area contributed by atoms with Gasteiger partial charge in [0.05, 0.1) is 6.04 Å². The average Bonchev–Trinajstić information content (AvgIpc) is 2.74. The second-order valence-electron chi connectivity index (χ2n) is 8.74. The molecule has 2 aliphatic rings. The molecule has 0 aromatic heterocycles. The second kappa shape index (κ2) is 8.99. The molecule has 2 nitrogen and oxygen atoms in total. The maximum atomic E-state index is 5.59. The molecule has 0 saturated heterocycles. The van der Waals surface area contributed by atoms with Crippen LogP contribution in [0.3, 0.4) is 0 Å². The molecule has 156 valence electrons. The van der Waals surface area contributed by atoms with Crippen LogP contribution in [-0.2, 0) is 0 Å². The minimum atomic E-state index is 0.134. The molecule has 0 amide bonds. The first kappa shape index (κ1) is 21.2. The molecule has 2 aromatic carbocycles. The highest BCUT2D eigenvalue weighted by atomic mass is 32.2. The van der Waals surface area contributed by atoms with E-state index in [9.17, 15) is 0 Å². The first-order chi connectivity index (χ1) is 14.4. The zero-order valence-corrected chi connectivity index (χ0v) is 19.8. The first-order valence-electron chi connectivity index (χ1n) is 10.7. The Bertz CT molecular complexity index is 983. The van der Waals surface area contributed by atoms with Crippen LogP contribution in [0.1, 0.15) is 67.8 Å². The van der Waals surface area contributed by atoms with Crippen molar-refractivity contribution in [3.63, 3.8) is 0 Å². The summed E-state index contributed by atoms with van der Waals surface area (Å²) in [5, 5.41) is 7.68. The molecule has 0 aliphatic carbocycles. The average molecular weight is 435 g/mol. The van der Waals surface area contributed by atoms with Gasteiger partial charge in [-0.15, -0.1) is 0 Å². The number of hydrogen-bond acceptors (Lipinski definition) is 2. The van der Waals surface area contributed by atoms with E-state index in [1.165, 1.54) is 39.1 Å². The lowest BCUT2D eigenvalue weighted by molar-refractivity contribution is 0.693. The van der Waals surface area contributed by atoms with Crippen LogP contribution in [0.4, 0.5) is 0 Å². The van der Waals surface area contributed by atoms with Crippen molar-refractivity contribution in [1.29, 1.82) is 0 Å². The van der Waals surface area contributed by atoms with Crippen molar-refractivity contribution in [3.8, 4) is 0 Å². The topological polar surface area (TPSA) is 24.1 Å². The Morgan fingerprint density at radius 3 is 2.10 bits per heavy atom. The van der Waals surface area contributed by atoms with Crippen molar-refractivity contribution in [2.75, 3.05) is 11.5 Å². The minimum Gasteiger partial charge on any atom is -0.352 e. The van der Waals surface area contributed by atoms with Crippen LogP contribution < -0.4 is 10.6 Å². The summed E-state index contributed by atoms with van der Waals surface area (Å²) in [6.07, 6.45) is 2.31. The van der Waals surface area contributed by atoms with E-state index >= 15 is 0 Å². The van der Waals surface area contributed by atoms with E-state index in [4.69, 9.17) is 12.2 Å². The minimum absolute atomic E-state index is 0.134. The highest BCUT2D eigenvalue weighted by Gasteiger charge is 2.30. The third-order valence-corrected chi connectivity index (χ3v) is 7.15. The molecule has 0 bridgehead atoms. The standard InChI is InChI=1S/C26H30N2S2/c1-16(2)19-7-5-18(6-8-19)13-22-14-30-15-23-24(27-26(29)28-25(22)23)21-11-9-20(10-12-21)17(3)4/h5-13,16-17,24H,14-15H2,1-4H3,(H2,27,28,29)/b22-13+/t24-/m0/s1. The molecule has 2 aromatic rings. The predicted molar refractivity (Wildman–Crippen MR) is 135 cm³/mol. The summed E-state index contributed by atoms with van der Waals surface area (Å²) in [5.74, 6) is 3.10. The Balaban J connectivity index is 1.68. The quantitative estimate of drug-likeness (QED) is 0.534. The smallest absolute Gasteiger partial charge is 0.171 e. The molecule has 0 saturated carbocycles. The van der Waals surface area contributed by atoms with Gasteiger partial charge in [0.2, 0.25) is 0 Å². The van der Waals surface area contributed by atoms with Crippen molar-refractivity contribution in [1.82, 2.24) is 10.6 Å². The molecular weight excluding hydrogens is 404 g/mol. The highest BCUT2D eigenvalue weighted by molar-refractivity contribution is 7.99. The zero-order chi connectivity index (χ0) is 21.3. The molecule has 0 radical (unpaired) electrons. The van der Waals surface area contributed by atoms with Gasteiger partial charge in [0.15, 0.2) is 5.11 Å². The fraction of sp³-hybridized carbons (Fsp3) is 0.346. The molecule has 4 heteroatoms. The summed E-state index contributed by atoms with van der Waals surface area (Å²) in [4.78, 5) is 0. The van der Waals surface area contributed by atoms with Crippen molar-refractivity contribution < 1.29 is 0 Å². The summed E-state index contributed by atoms with van der Waals surface area (Å²) in [5.41, 5.74) is 9.19. The predicted octanol–water partition coefficient (Wildman–Crippen LogP) is 6.54. The molecule has 2 N–H and O–H groups in total. The van der Waals surface area contributed by atoms with Gasteiger partial charge in [-0.2, -0.15) is 11.8 Å². The van der Waals surface area contributed by atoms with E-state index < -0.39 is 0 Å². The largest absolute Gasteiger partial charge is 0.352 e. The van der Waals surface area contributed by atoms with Crippen molar-refractivity contribution in [3.05, 3.63) is 87.6 Å². The third-order valence-electron chi connectivity index (χ3n) is 5.90. The van der Waals surface area contributed by atoms with Gasteiger partial charge < -0.3 is 10.6 Å². The van der Waals surface area contributed by atoms with Crippen LogP contribution in [0.2, 0.25) is 0 Å². The molecule has 30 heavy (non-hydrogen) atoms. The molecule has 2 heterocycles. The van der Waals surface area contributed by atoms with E-state index in [-0.39, 0.29) is 6.04 Å². The number of rotatable bonds is 4. The van der Waals surface area contributed by atoms with Crippen LogP contribution in [0, 0.1) is 0 Å². The SMILES string of the molecule is CC(C)c1ccc(/C=C2\CSCC3=C2NC(=S)N[C@H]3c2ccc(C(C)C)cc2)cc1. The van der Waals surface area contributed by atoms with Gasteiger partial charge in [0.25, 0.3) is 0 Å². The van der Waals surface area contributed by atoms with Crippen molar-refractivity contribution >= 4 is 35.2 Å². The third kappa shape index (κ3) is 4.50. The molecular formula is C26H30N2S2. The number of nitrogens with one attached hydrogen (secondary N) is 2. The maximum absolute atomic E-state index is 5.59. The van der Waals surface area contributed by atoms with E-state index in [1.54, 1.807) is 0 Å². The van der Waals surface area contributed by atoms with Crippen LogP contribution in [-0.4, -0.2) is 16.6 Å². The van der Waals surface area contributed by atoms with Crippen molar-refractivity contribution in [2.24, 2.45) is 0 Å². The molecule has 2 aliphatic heterocycles. The fourth-order valence-electron chi connectivity index (χ4n) is 4.03. The number of allylic oxidation sites excluding steroid dienone is 1. The van der Waals surface area contributed by atoms with Gasteiger partial charge in [-0.1, -0.05) is 76.2 Å². The monoisotopic (exact) mass is 434 g/mol. The lowest BCUT2D eigenvalue weighted by atomic mass is 9.91. The summed E-state index contributed by atoms with van der Waals surface area (Å²) in [6.45, 7) is 8.93. The summed E-state index contributed by atoms with van der Waals surface area (Å²) in [6, 6.07) is 18.1. The molecule has 0 spiro atoms. The zero-order valence-electron chi connectivity index (χ0n) is 18.2. The Morgan fingerprint density at radius 1 is 0.900 bits per heavy atom. The summed E-state index contributed by atoms with van der Waals surface area (Å²) in [7, 11) is 0. The van der Waals surface area contributed by atoms with E-state index in [1.807, 2.05) is 11.8 Å². The number of thiocarbonyl (C=S) groups is 1. The Morgan fingerprint density at radius 2 is 1.50 bits per heavy atom. The normalized spacial score (nSPS) is 20.4. The number of benzene rings is 2. The Labute approximate surface area is 190 Å². The number of thioether (sulfide) groups is 1. The van der Waals surface area contributed by atoms with Crippen LogP contribution in [0.15, 0.2) is 65.4 Å². The van der Waals surface area contributed by atoms with Crippen LogP contribution >= 0.6 is 24.0 Å². The van der Waals surface area contributed by atoms with Gasteiger partial charge >= 0.3 is 0 Å². The molecule has 4 rings (SSSR count). The van der Waals surface area contributed by atoms with Crippen molar-refractivity contribution in [2.45, 2.75) is 45.6 Å². The maximum Gasteiger partial charge on any atom is 0.171 e. The van der Waals surface area contributed by atoms with Gasteiger partial charge in [-0.3, -0.25) is 0 Å². The van der Waals surface area contributed by atoms with E-state index in [0.29, 0.717) is 16.9 Å². The van der Waals surface area contributed by atoms with E-state index in [2.05, 4.69) is 92.9 Å². The Hall–Kier alpha value is -2.04. The lowest BCUT2D eigenvalue weighted by Gasteiger charge is -2.36. The van der Waals surface area contributed by atoms with Gasteiger partial charge in [0.1, 0.15) is 0 Å². The van der Waals surface area contributed by atoms with Crippen LogP contribution in [0.5, 0.6) is 0 Å². The van der Waals surface area contributed by atoms with E-state index in [0.717, 1.165) is 11.5 Å². The summed E-state index contributed by atoms with van der Waals surface area (Å²) < 4.78 is 0. The van der Waals surface area contributed by atoms with Crippen LogP contribution in [0.25, 0.3) is 6.08 Å². The van der Waals surface area contributed by atoms with Gasteiger partial charge in [-0.05, 0) is 63.5 Å². The lowest BCUT2D eigenvalue weighted by Crippen LogP contribution is -2.45. The second-order valence-corrected chi connectivity index (χ2v) is 10.1. The van der Waals surface area contributed by atoms with Gasteiger partial charge in [-0.25, -0.2) is 0 Å². The highest BCUT2D eigenvalue weighted by Crippen LogP contribution is 2.37. The molecule has 0 fully saturated rings.